The number of halogens is 1. The highest BCUT2D eigenvalue weighted by Crippen LogP contribution is 2.40. The molecule has 2 amide bonds. The number of phenolic OH excluding ortho intramolecular Hbond substituents is 1. The fourth-order valence-electron chi connectivity index (χ4n) is 4.02. The van der Waals surface area contributed by atoms with Gasteiger partial charge in [0.05, 0.1) is 5.69 Å². The van der Waals surface area contributed by atoms with Crippen molar-refractivity contribution in [1.29, 1.82) is 0 Å². The van der Waals surface area contributed by atoms with E-state index in [0.717, 1.165) is 15.6 Å². The van der Waals surface area contributed by atoms with Gasteiger partial charge in [-0.15, -0.1) is 10.2 Å². The van der Waals surface area contributed by atoms with Gasteiger partial charge in [0.2, 0.25) is 11.8 Å². The van der Waals surface area contributed by atoms with E-state index in [2.05, 4.69) is 37.7 Å². The van der Waals surface area contributed by atoms with Gasteiger partial charge >= 0.3 is 0 Å². The molecule has 1 aliphatic heterocycles. The number of para-hydroxylation sites is 1. The number of aromatic hydroxyl groups is 1. The number of fused-ring (bicyclic) bond motifs is 1. The number of aromatic nitrogens is 3. The number of aromatic amines is 1. The van der Waals surface area contributed by atoms with Crippen LogP contribution in [0.2, 0.25) is 0 Å². The van der Waals surface area contributed by atoms with Crippen LogP contribution in [0.1, 0.15) is 18.0 Å². The zero-order chi connectivity index (χ0) is 22.3. The maximum absolute atomic E-state index is 12.7. The van der Waals surface area contributed by atoms with Gasteiger partial charge in [0.15, 0.2) is 5.65 Å². The molecular weight excluding hydrogens is 462 g/mol. The molecule has 0 aliphatic carbocycles. The van der Waals surface area contributed by atoms with Crippen molar-refractivity contribution in [2.75, 3.05) is 20.6 Å². The Morgan fingerprint density at radius 3 is 2.74 bits per heavy atom. The number of amides is 2. The Hall–Kier alpha value is -3.20. The Labute approximate surface area is 187 Å². The van der Waals surface area contributed by atoms with Crippen LogP contribution in [0.4, 0.5) is 0 Å². The summed E-state index contributed by atoms with van der Waals surface area (Å²) in [7, 11) is 3.36. The third-order valence-corrected chi connectivity index (χ3v) is 6.45. The lowest BCUT2D eigenvalue weighted by Crippen LogP contribution is -2.44. The Balaban J connectivity index is 1.72. The van der Waals surface area contributed by atoms with Gasteiger partial charge in [-0.05, 0) is 46.6 Å². The maximum Gasteiger partial charge on any atom is 0.246 e. The van der Waals surface area contributed by atoms with E-state index >= 15 is 0 Å². The average molecular weight is 484 g/mol. The summed E-state index contributed by atoms with van der Waals surface area (Å²) < 4.78 is 0.808. The molecule has 160 valence electrons. The molecule has 1 aliphatic rings. The van der Waals surface area contributed by atoms with Crippen LogP contribution in [0.15, 0.2) is 47.5 Å². The predicted octanol–water partition coefficient (Wildman–Crippen LogP) is 3.05. The molecule has 0 bridgehead atoms. The van der Waals surface area contributed by atoms with Crippen LogP contribution in [0.5, 0.6) is 5.75 Å². The van der Waals surface area contributed by atoms with E-state index < -0.39 is 6.04 Å². The molecule has 4 rings (SSSR count). The number of rotatable bonds is 4. The summed E-state index contributed by atoms with van der Waals surface area (Å²) in [5.74, 6) is -0.347. The number of likely N-dealkylation sites (tertiary alicyclic amines) is 1. The third-order valence-electron chi connectivity index (χ3n) is 5.59. The number of nitrogens with zero attached hydrogens (tertiary/aromatic N) is 4. The number of nitrogens with one attached hydrogen (secondary N) is 1. The molecule has 8 nitrogen and oxygen atoms in total. The van der Waals surface area contributed by atoms with Gasteiger partial charge in [-0.25, -0.2) is 0 Å². The van der Waals surface area contributed by atoms with Crippen LogP contribution < -0.4 is 0 Å². The second-order valence-electron chi connectivity index (χ2n) is 7.74. The molecule has 2 aromatic heterocycles. The summed E-state index contributed by atoms with van der Waals surface area (Å²) in [6, 6.07) is 8.25. The molecule has 3 aromatic rings. The van der Waals surface area contributed by atoms with Crippen molar-refractivity contribution in [3.05, 3.63) is 53.2 Å². The van der Waals surface area contributed by atoms with Gasteiger partial charge in [0.1, 0.15) is 11.8 Å². The lowest BCUT2D eigenvalue weighted by Gasteiger charge is -2.24. The first-order valence-corrected chi connectivity index (χ1v) is 10.6. The first kappa shape index (κ1) is 21.0. The monoisotopic (exact) mass is 483 g/mol. The number of carbonyl (C=O) groups excluding carboxylic acids is 2. The molecule has 3 heterocycles. The lowest BCUT2D eigenvalue weighted by atomic mass is 10.0. The SMILES string of the molecule is C=CC(=O)N1C[C@H](c2[nH]c3nnc(-c4ccccc4O)cc3c2Br)C[C@H]1C(=O)N(C)C. The summed E-state index contributed by atoms with van der Waals surface area (Å²) in [4.78, 5) is 31.4. The molecule has 2 atom stereocenters. The second kappa shape index (κ2) is 8.14. The first-order chi connectivity index (χ1) is 14.8. The van der Waals surface area contributed by atoms with E-state index in [1.165, 1.54) is 11.0 Å². The number of phenols is 1. The normalized spacial score (nSPS) is 18.4. The molecule has 1 saturated heterocycles. The van der Waals surface area contributed by atoms with Crippen molar-refractivity contribution in [2.24, 2.45) is 0 Å². The topological polar surface area (TPSA) is 102 Å². The minimum Gasteiger partial charge on any atom is -0.507 e. The molecule has 1 fully saturated rings. The predicted molar refractivity (Wildman–Crippen MR) is 120 cm³/mol. The van der Waals surface area contributed by atoms with Crippen molar-refractivity contribution >= 4 is 38.8 Å². The van der Waals surface area contributed by atoms with Crippen LogP contribution in [-0.4, -0.2) is 68.6 Å². The number of benzene rings is 1. The second-order valence-corrected chi connectivity index (χ2v) is 8.53. The van der Waals surface area contributed by atoms with Crippen LogP contribution in [0, 0.1) is 0 Å². The van der Waals surface area contributed by atoms with Gasteiger partial charge in [-0.3, -0.25) is 9.59 Å². The number of carbonyl (C=O) groups is 2. The molecule has 9 heteroatoms. The molecule has 0 unspecified atom stereocenters. The van der Waals surface area contributed by atoms with Gasteiger partial charge < -0.3 is 19.9 Å². The van der Waals surface area contributed by atoms with Crippen molar-refractivity contribution in [2.45, 2.75) is 18.4 Å². The molecule has 0 radical (unpaired) electrons. The zero-order valence-electron chi connectivity index (χ0n) is 17.2. The molecule has 31 heavy (non-hydrogen) atoms. The highest BCUT2D eigenvalue weighted by atomic mass is 79.9. The maximum atomic E-state index is 12.7. The summed E-state index contributed by atoms with van der Waals surface area (Å²) in [5, 5.41) is 19.5. The fourth-order valence-corrected chi connectivity index (χ4v) is 4.75. The number of likely N-dealkylation sites (N-methyl/N-ethyl adjacent to an activating group) is 1. The largest absolute Gasteiger partial charge is 0.507 e. The van der Waals surface area contributed by atoms with Crippen LogP contribution in [-0.2, 0) is 9.59 Å². The average Bonchev–Trinajstić information content (AvgIpc) is 3.34. The molecule has 1 aromatic carbocycles. The van der Waals surface area contributed by atoms with Crippen LogP contribution in [0.3, 0.4) is 0 Å². The van der Waals surface area contributed by atoms with Gasteiger partial charge in [0.25, 0.3) is 0 Å². The van der Waals surface area contributed by atoms with Crippen LogP contribution in [0.25, 0.3) is 22.3 Å². The van der Waals surface area contributed by atoms with Gasteiger partial charge in [-0.1, -0.05) is 18.7 Å². The van der Waals surface area contributed by atoms with Gasteiger partial charge in [0, 0.05) is 47.7 Å². The Morgan fingerprint density at radius 1 is 1.32 bits per heavy atom. The van der Waals surface area contributed by atoms with E-state index in [1.54, 1.807) is 37.2 Å². The van der Waals surface area contributed by atoms with E-state index in [1.807, 2.05) is 12.1 Å². The number of hydrogen-bond acceptors (Lipinski definition) is 5. The molecule has 0 saturated carbocycles. The van der Waals surface area contributed by atoms with E-state index in [0.29, 0.717) is 29.9 Å². The van der Waals surface area contributed by atoms with Gasteiger partial charge in [-0.2, -0.15) is 0 Å². The number of hydrogen-bond donors (Lipinski definition) is 2. The molecular formula is C22H22BrN5O3. The van der Waals surface area contributed by atoms with E-state index in [9.17, 15) is 14.7 Å². The quantitative estimate of drug-likeness (QED) is 0.555. The third kappa shape index (κ3) is 3.69. The van der Waals surface area contributed by atoms with Crippen molar-refractivity contribution in [3.8, 4) is 17.0 Å². The smallest absolute Gasteiger partial charge is 0.246 e. The van der Waals surface area contributed by atoms with E-state index in [-0.39, 0.29) is 23.5 Å². The Kier molecular flexibility index (Phi) is 5.53. The van der Waals surface area contributed by atoms with E-state index in [4.69, 9.17) is 0 Å². The zero-order valence-corrected chi connectivity index (χ0v) is 18.8. The fraction of sp³-hybridized carbons (Fsp3) is 0.273. The minimum absolute atomic E-state index is 0.0880. The highest BCUT2D eigenvalue weighted by molar-refractivity contribution is 9.10. The standard InChI is InChI=1S/C22H22BrN5O3/c1-4-18(30)28-11-12(9-16(28)22(31)27(2)3)20-19(23)14-10-15(25-26-21(14)24-20)13-7-5-6-8-17(13)29/h4-8,10,12,16,29H,1,9,11H2,2-3H3,(H,24,26)/t12-,16+/m1/s1. The summed E-state index contributed by atoms with van der Waals surface area (Å²) in [6.07, 6.45) is 1.73. The molecule has 2 N–H and O–H groups in total. The Bertz CT molecular complexity index is 1190. The molecule has 0 spiro atoms. The minimum atomic E-state index is -0.549. The van der Waals surface area contributed by atoms with Crippen molar-refractivity contribution < 1.29 is 14.7 Å². The van der Waals surface area contributed by atoms with Crippen molar-refractivity contribution in [1.82, 2.24) is 25.0 Å². The van der Waals surface area contributed by atoms with Crippen molar-refractivity contribution in [3.63, 3.8) is 0 Å². The van der Waals surface area contributed by atoms with Crippen LogP contribution >= 0.6 is 15.9 Å². The first-order valence-electron chi connectivity index (χ1n) is 9.79. The lowest BCUT2D eigenvalue weighted by molar-refractivity contribution is -0.139. The summed E-state index contributed by atoms with van der Waals surface area (Å²) >= 11 is 3.67. The number of H-pyrrole nitrogens is 1. The highest BCUT2D eigenvalue weighted by Gasteiger charge is 2.41. The summed E-state index contributed by atoms with van der Waals surface area (Å²) in [5.41, 5.74) is 2.58. The summed E-state index contributed by atoms with van der Waals surface area (Å²) in [6.45, 7) is 3.96. The Morgan fingerprint density at radius 2 is 2.06 bits per heavy atom.